The number of rotatable bonds is 4. The predicted molar refractivity (Wildman–Crippen MR) is 74.5 cm³/mol. The Morgan fingerprint density at radius 3 is 2.53 bits per heavy atom. The minimum atomic E-state index is -0.122. The molecule has 2 unspecified atom stereocenters. The van der Waals surface area contributed by atoms with Crippen molar-refractivity contribution in [1.29, 1.82) is 0 Å². The van der Waals surface area contributed by atoms with Gasteiger partial charge in [-0.2, -0.15) is 0 Å². The summed E-state index contributed by atoms with van der Waals surface area (Å²) >= 11 is 0. The van der Waals surface area contributed by atoms with Crippen molar-refractivity contribution in [3.63, 3.8) is 0 Å². The zero-order valence-corrected chi connectivity index (χ0v) is 11.8. The van der Waals surface area contributed by atoms with Crippen LogP contribution in [0.25, 0.3) is 0 Å². The molecule has 1 heterocycles. The predicted octanol–water partition coefficient (Wildman–Crippen LogP) is 1.84. The van der Waals surface area contributed by atoms with E-state index in [4.69, 9.17) is 10.5 Å². The number of amides is 1. The maximum absolute atomic E-state index is 12.0. The highest BCUT2D eigenvalue weighted by atomic mass is 16.5. The molecule has 1 fully saturated rings. The minimum Gasteiger partial charge on any atom is -0.380 e. The standard InChI is InChI=1S/C15H22N2O2/c1-10(2)17-14(18)8-13(16)15(17)12-6-4-11(5-7-12)9-19-3/h4-7,10,13,15H,8-9,16H2,1-3H3. The molecule has 1 aliphatic heterocycles. The van der Waals surface area contributed by atoms with E-state index in [1.165, 1.54) is 0 Å². The number of likely N-dealkylation sites (tertiary alicyclic amines) is 1. The molecule has 1 aliphatic rings. The van der Waals surface area contributed by atoms with Gasteiger partial charge < -0.3 is 15.4 Å². The summed E-state index contributed by atoms with van der Waals surface area (Å²) in [7, 11) is 1.68. The van der Waals surface area contributed by atoms with Crippen LogP contribution in [0.2, 0.25) is 0 Å². The van der Waals surface area contributed by atoms with Crippen molar-refractivity contribution in [3.8, 4) is 0 Å². The highest BCUT2D eigenvalue weighted by molar-refractivity contribution is 5.80. The van der Waals surface area contributed by atoms with Crippen LogP contribution >= 0.6 is 0 Å². The zero-order valence-electron chi connectivity index (χ0n) is 11.8. The van der Waals surface area contributed by atoms with E-state index in [1.807, 2.05) is 43.0 Å². The summed E-state index contributed by atoms with van der Waals surface area (Å²) in [6.45, 7) is 4.66. The molecule has 0 saturated carbocycles. The first kappa shape index (κ1) is 14.0. The van der Waals surface area contributed by atoms with Gasteiger partial charge in [0.2, 0.25) is 5.91 Å². The maximum Gasteiger partial charge on any atom is 0.225 e. The van der Waals surface area contributed by atoms with Crippen LogP contribution < -0.4 is 5.73 Å². The number of nitrogens with zero attached hydrogens (tertiary/aromatic N) is 1. The van der Waals surface area contributed by atoms with Crippen LogP contribution in [-0.4, -0.2) is 30.0 Å². The molecule has 1 aromatic rings. The number of nitrogens with two attached hydrogens (primary N) is 1. The van der Waals surface area contributed by atoms with E-state index in [9.17, 15) is 4.79 Å². The monoisotopic (exact) mass is 262 g/mol. The van der Waals surface area contributed by atoms with Crippen molar-refractivity contribution in [3.05, 3.63) is 35.4 Å². The molecule has 19 heavy (non-hydrogen) atoms. The Bertz CT molecular complexity index is 442. The smallest absolute Gasteiger partial charge is 0.225 e. The van der Waals surface area contributed by atoms with Gasteiger partial charge in [0, 0.05) is 25.6 Å². The Morgan fingerprint density at radius 1 is 1.37 bits per heavy atom. The van der Waals surface area contributed by atoms with Gasteiger partial charge in [-0.25, -0.2) is 0 Å². The fourth-order valence-electron chi connectivity index (χ4n) is 2.77. The summed E-state index contributed by atoms with van der Waals surface area (Å²) in [5.74, 6) is 0.147. The first-order chi connectivity index (χ1) is 9.04. The molecular weight excluding hydrogens is 240 g/mol. The highest BCUT2D eigenvalue weighted by Gasteiger charge is 2.39. The normalized spacial score (nSPS) is 23.4. The number of hydrogen-bond donors (Lipinski definition) is 1. The van der Waals surface area contributed by atoms with Gasteiger partial charge in [-0.1, -0.05) is 24.3 Å². The zero-order chi connectivity index (χ0) is 14.0. The molecule has 0 aromatic heterocycles. The van der Waals surface area contributed by atoms with Crippen molar-refractivity contribution in [1.82, 2.24) is 4.90 Å². The van der Waals surface area contributed by atoms with Gasteiger partial charge in [-0.15, -0.1) is 0 Å². The van der Waals surface area contributed by atoms with Gasteiger partial charge in [0.05, 0.1) is 12.6 Å². The lowest BCUT2D eigenvalue weighted by Gasteiger charge is -2.30. The third-order valence-corrected chi connectivity index (χ3v) is 3.59. The molecule has 2 atom stereocenters. The van der Waals surface area contributed by atoms with Crippen LogP contribution in [-0.2, 0) is 16.1 Å². The largest absolute Gasteiger partial charge is 0.380 e. The quantitative estimate of drug-likeness (QED) is 0.901. The number of hydrogen-bond acceptors (Lipinski definition) is 3. The Hall–Kier alpha value is -1.39. The molecule has 0 aliphatic carbocycles. The van der Waals surface area contributed by atoms with Gasteiger partial charge in [-0.05, 0) is 25.0 Å². The molecular formula is C15H22N2O2. The SMILES string of the molecule is COCc1ccc(C2C(N)CC(=O)N2C(C)C)cc1. The molecule has 1 aromatic carbocycles. The number of carbonyl (C=O) groups excluding carboxylic acids is 1. The first-order valence-electron chi connectivity index (χ1n) is 6.69. The Labute approximate surface area is 114 Å². The van der Waals surface area contributed by atoms with E-state index in [0.29, 0.717) is 13.0 Å². The van der Waals surface area contributed by atoms with Gasteiger partial charge >= 0.3 is 0 Å². The van der Waals surface area contributed by atoms with Gasteiger partial charge in [0.1, 0.15) is 0 Å². The fourth-order valence-corrected chi connectivity index (χ4v) is 2.77. The molecule has 0 spiro atoms. The summed E-state index contributed by atoms with van der Waals surface area (Å²) in [6.07, 6.45) is 0.433. The lowest BCUT2D eigenvalue weighted by molar-refractivity contribution is -0.130. The minimum absolute atomic E-state index is 0.0101. The third-order valence-electron chi connectivity index (χ3n) is 3.59. The van der Waals surface area contributed by atoms with Gasteiger partial charge in [-0.3, -0.25) is 4.79 Å². The van der Waals surface area contributed by atoms with Crippen molar-refractivity contribution in [2.45, 2.75) is 45.0 Å². The van der Waals surface area contributed by atoms with Gasteiger partial charge in [0.15, 0.2) is 0 Å². The Kier molecular flexibility index (Phi) is 4.22. The van der Waals surface area contributed by atoms with Crippen LogP contribution in [0.3, 0.4) is 0 Å². The molecule has 1 saturated heterocycles. The number of methoxy groups -OCH3 is 1. The van der Waals surface area contributed by atoms with E-state index in [1.54, 1.807) is 7.11 Å². The number of benzene rings is 1. The van der Waals surface area contributed by atoms with Crippen molar-refractivity contribution < 1.29 is 9.53 Å². The molecule has 2 rings (SSSR count). The lowest BCUT2D eigenvalue weighted by Crippen LogP contribution is -2.37. The average molecular weight is 262 g/mol. The second-order valence-corrected chi connectivity index (χ2v) is 5.38. The second-order valence-electron chi connectivity index (χ2n) is 5.38. The van der Waals surface area contributed by atoms with E-state index in [-0.39, 0.29) is 24.0 Å². The number of carbonyl (C=O) groups is 1. The maximum atomic E-state index is 12.0. The van der Waals surface area contributed by atoms with Crippen molar-refractivity contribution >= 4 is 5.91 Å². The summed E-state index contributed by atoms with van der Waals surface area (Å²) in [6, 6.07) is 8.20. The Morgan fingerprint density at radius 2 is 2.00 bits per heavy atom. The highest BCUT2D eigenvalue weighted by Crippen LogP contribution is 2.33. The molecule has 0 radical (unpaired) electrons. The fraction of sp³-hybridized carbons (Fsp3) is 0.533. The van der Waals surface area contributed by atoms with Crippen LogP contribution in [0.15, 0.2) is 24.3 Å². The molecule has 0 bridgehead atoms. The van der Waals surface area contributed by atoms with E-state index in [0.717, 1.165) is 11.1 Å². The van der Waals surface area contributed by atoms with Gasteiger partial charge in [0.25, 0.3) is 0 Å². The summed E-state index contributed by atoms with van der Waals surface area (Å²) in [4.78, 5) is 13.9. The number of ether oxygens (including phenoxy) is 1. The van der Waals surface area contributed by atoms with Crippen LogP contribution in [0, 0.1) is 0 Å². The molecule has 4 nitrogen and oxygen atoms in total. The molecule has 1 amide bonds. The van der Waals surface area contributed by atoms with Crippen molar-refractivity contribution in [2.75, 3.05) is 7.11 Å². The molecule has 2 N–H and O–H groups in total. The average Bonchev–Trinajstić information content (AvgIpc) is 2.66. The second kappa shape index (κ2) is 5.72. The van der Waals surface area contributed by atoms with Crippen LogP contribution in [0.5, 0.6) is 0 Å². The summed E-state index contributed by atoms with van der Waals surface area (Å²) < 4.78 is 5.10. The summed E-state index contributed by atoms with van der Waals surface area (Å²) in [5.41, 5.74) is 8.37. The molecule has 104 valence electrons. The Balaban J connectivity index is 2.25. The molecule has 4 heteroatoms. The lowest BCUT2D eigenvalue weighted by atomic mass is 9.99. The first-order valence-corrected chi connectivity index (χ1v) is 6.69. The van der Waals surface area contributed by atoms with E-state index < -0.39 is 0 Å². The third kappa shape index (κ3) is 2.80. The van der Waals surface area contributed by atoms with E-state index in [2.05, 4.69) is 0 Å². The van der Waals surface area contributed by atoms with Crippen LogP contribution in [0.1, 0.15) is 37.4 Å². The topological polar surface area (TPSA) is 55.6 Å². The summed E-state index contributed by atoms with van der Waals surface area (Å²) in [5, 5.41) is 0. The van der Waals surface area contributed by atoms with E-state index >= 15 is 0 Å². The van der Waals surface area contributed by atoms with Crippen LogP contribution in [0.4, 0.5) is 0 Å². The van der Waals surface area contributed by atoms with Crippen molar-refractivity contribution in [2.24, 2.45) is 5.73 Å².